The van der Waals surface area contributed by atoms with Gasteiger partial charge in [-0.2, -0.15) is 0 Å². The van der Waals surface area contributed by atoms with Crippen molar-refractivity contribution < 1.29 is 5.11 Å². The van der Waals surface area contributed by atoms with E-state index >= 15 is 0 Å². The predicted octanol–water partition coefficient (Wildman–Crippen LogP) is 1.21. The van der Waals surface area contributed by atoms with Gasteiger partial charge in [0.1, 0.15) is 5.82 Å². The van der Waals surface area contributed by atoms with E-state index in [2.05, 4.69) is 16.5 Å². The number of aromatic nitrogens is 2. The molecular formula is C15H19N3O2. The molecule has 2 aromatic rings. The number of nitrogens with one attached hydrogen (secondary N) is 1. The molecule has 2 N–H and O–H groups in total. The Morgan fingerprint density at radius 1 is 1.50 bits per heavy atom. The molecule has 1 heterocycles. The van der Waals surface area contributed by atoms with Crippen molar-refractivity contribution in [3.8, 4) is 0 Å². The number of fused-ring (bicyclic) bond motifs is 1. The molecule has 106 valence electrons. The summed E-state index contributed by atoms with van der Waals surface area (Å²) in [5.41, 5.74) is 1.58. The van der Waals surface area contributed by atoms with Crippen LogP contribution in [0.5, 0.6) is 0 Å². The lowest BCUT2D eigenvalue weighted by molar-refractivity contribution is 0.200. The van der Waals surface area contributed by atoms with Crippen molar-refractivity contribution in [3.05, 3.63) is 52.6 Å². The highest BCUT2D eigenvalue weighted by molar-refractivity contribution is 5.80. The summed E-state index contributed by atoms with van der Waals surface area (Å²) < 4.78 is 0. The average Bonchev–Trinajstić information content (AvgIpc) is 2.41. The van der Waals surface area contributed by atoms with Gasteiger partial charge in [-0.3, -0.25) is 9.69 Å². The highest BCUT2D eigenvalue weighted by atomic mass is 16.3. The molecule has 0 saturated carbocycles. The number of hydrogen-bond donors (Lipinski definition) is 2. The molecule has 0 radical (unpaired) electrons. The molecule has 1 aromatic heterocycles. The largest absolute Gasteiger partial charge is 0.395 e. The maximum Gasteiger partial charge on any atom is 0.258 e. The Morgan fingerprint density at radius 2 is 2.30 bits per heavy atom. The summed E-state index contributed by atoms with van der Waals surface area (Å²) in [5.74, 6) is 0.604. The van der Waals surface area contributed by atoms with Crippen molar-refractivity contribution in [3.63, 3.8) is 0 Å². The van der Waals surface area contributed by atoms with E-state index in [1.807, 2.05) is 24.0 Å². The van der Waals surface area contributed by atoms with E-state index in [0.717, 1.165) is 11.1 Å². The van der Waals surface area contributed by atoms with E-state index < -0.39 is 0 Å². The Morgan fingerprint density at radius 3 is 3.00 bits per heavy atom. The van der Waals surface area contributed by atoms with Crippen LogP contribution in [-0.2, 0) is 6.54 Å². The second-order valence-corrected chi connectivity index (χ2v) is 4.73. The van der Waals surface area contributed by atoms with Crippen molar-refractivity contribution in [1.29, 1.82) is 0 Å². The number of rotatable bonds is 6. The van der Waals surface area contributed by atoms with Crippen LogP contribution in [0.2, 0.25) is 0 Å². The second-order valence-electron chi connectivity index (χ2n) is 4.73. The Labute approximate surface area is 117 Å². The van der Waals surface area contributed by atoms with E-state index in [-0.39, 0.29) is 12.2 Å². The first-order chi connectivity index (χ1) is 9.65. The number of H-pyrrole nitrogens is 1. The molecule has 20 heavy (non-hydrogen) atoms. The number of hydrogen-bond acceptors (Lipinski definition) is 4. The molecule has 0 spiro atoms. The topological polar surface area (TPSA) is 69.2 Å². The van der Waals surface area contributed by atoms with E-state index in [1.54, 1.807) is 12.1 Å². The van der Waals surface area contributed by atoms with Gasteiger partial charge in [0.2, 0.25) is 0 Å². The zero-order valence-corrected chi connectivity index (χ0v) is 11.6. The van der Waals surface area contributed by atoms with Crippen LogP contribution in [0.15, 0.2) is 35.6 Å². The molecule has 0 aliphatic rings. The van der Waals surface area contributed by atoms with Gasteiger partial charge in [-0.1, -0.05) is 18.2 Å². The van der Waals surface area contributed by atoms with Gasteiger partial charge in [0, 0.05) is 13.1 Å². The second kappa shape index (κ2) is 6.45. The lowest BCUT2D eigenvalue weighted by Crippen LogP contribution is -2.28. The van der Waals surface area contributed by atoms with Crippen LogP contribution in [-0.4, -0.2) is 39.7 Å². The van der Waals surface area contributed by atoms with Crippen LogP contribution in [0.25, 0.3) is 10.9 Å². The summed E-state index contributed by atoms with van der Waals surface area (Å²) in [6.45, 7) is 7.32. The Bertz CT molecular complexity index is 664. The number of aliphatic hydroxyl groups is 1. The summed E-state index contributed by atoms with van der Waals surface area (Å²) in [5, 5.41) is 9.65. The number of aromatic amines is 1. The first kappa shape index (κ1) is 14.4. The summed E-state index contributed by atoms with van der Waals surface area (Å²) >= 11 is 0. The van der Waals surface area contributed by atoms with Crippen LogP contribution in [0.1, 0.15) is 11.4 Å². The summed E-state index contributed by atoms with van der Waals surface area (Å²) in [4.78, 5) is 21.4. The molecule has 0 atom stereocenters. The van der Waals surface area contributed by atoms with Gasteiger partial charge in [0.15, 0.2) is 0 Å². The first-order valence-electron chi connectivity index (χ1n) is 6.58. The number of para-hydroxylation sites is 1. The van der Waals surface area contributed by atoms with Crippen LogP contribution in [0.3, 0.4) is 0 Å². The molecule has 0 aliphatic heterocycles. The van der Waals surface area contributed by atoms with Crippen LogP contribution < -0.4 is 5.56 Å². The fourth-order valence-electron chi connectivity index (χ4n) is 2.20. The minimum atomic E-state index is -0.128. The maximum atomic E-state index is 12.1. The van der Waals surface area contributed by atoms with Crippen LogP contribution >= 0.6 is 0 Å². The number of aliphatic hydroxyl groups excluding tert-OH is 1. The Hall–Kier alpha value is -1.98. The van der Waals surface area contributed by atoms with Gasteiger partial charge in [-0.15, -0.1) is 6.58 Å². The molecule has 5 nitrogen and oxygen atoms in total. The van der Waals surface area contributed by atoms with Gasteiger partial charge in [-0.25, -0.2) is 4.98 Å². The van der Waals surface area contributed by atoms with Gasteiger partial charge in [-0.05, 0) is 18.6 Å². The third kappa shape index (κ3) is 3.12. The Kier molecular flexibility index (Phi) is 4.65. The SMILES string of the molecule is C=CCN(CCO)Cc1nc2c(C)cccc2c(=O)[nH]1. The zero-order chi connectivity index (χ0) is 14.5. The molecule has 1 aromatic carbocycles. The summed E-state index contributed by atoms with van der Waals surface area (Å²) in [7, 11) is 0. The van der Waals surface area contributed by atoms with Crippen molar-refractivity contribution in [2.45, 2.75) is 13.5 Å². The third-order valence-corrected chi connectivity index (χ3v) is 3.16. The first-order valence-corrected chi connectivity index (χ1v) is 6.58. The normalized spacial score (nSPS) is 11.2. The molecule has 0 aliphatic carbocycles. The Balaban J connectivity index is 2.37. The number of nitrogens with zero attached hydrogens (tertiary/aromatic N) is 2. The molecule has 2 rings (SSSR count). The molecule has 0 fully saturated rings. The highest BCUT2D eigenvalue weighted by Crippen LogP contribution is 2.12. The van der Waals surface area contributed by atoms with Gasteiger partial charge < -0.3 is 10.1 Å². The monoisotopic (exact) mass is 273 g/mol. The molecular weight excluding hydrogens is 254 g/mol. The van der Waals surface area contributed by atoms with Crippen molar-refractivity contribution in [1.82, 2.24) is 14.9 Å². The summed E-state index contributed by atoms with van der Waals surface area (Å²) in [6.07, 6.45) is 1.76. The highest BCUT2D eigenvalue weighted by Gasteiger charge is 2.09. The quantitative estimate of drug-likeness (QED) is 0.776. The van der Waals surface area contributed by atoms with Crippen LogP contribution in [0.4, 0.5) is 0 Å². The predicted molar refractivity (Wildman–Crippen MR) is 79.7 cm³/mol. The molecule has 0 saturated heterocycles. The zero-order valence-electron chi connectivity index (χ0n) is 11.6. The molecule has 5 heteroatoms. The van der Waals surface area contributed by atoms with E-state index in [0.29, 0.717) is 30.8 Å². The minimum absolute atomic E-state index is 0.0602. The number of aryl methyl sites for hydroxylation is 1. The fraction of sp³-hybridized carbons (Fsp3) is 0.333. The van der Waals surface area contributed by atoms with Crippen molar-refractivity contribution in [2.75, 3.05) is 19.7 Å². The average molecular weight is 273 g/mol. The van der Waals surface area contributed by atoms with Gasteiger partial charge in [0.25, 0.3) is 5.56 Å². The van der Waals surface area contributed by atoms with Gasteiger partial charge in [0.05, 0.1) is 24.1 Å². The lowest BCUT2D eigenvalue weighted by Gasteiger charge is -2.18. The molecule has 0 unspecified atom stereocenters. The molecule has 0 amide bonds. The minimum Gasteiger partial charge on any atom is -0.395 e. The van der Waals surface area contributed by atoms with E-state index in [1.165, 1.54) is 0 Å². The third-order valence-electron chi connectivity index (χ3n) is 3.16. The van der Waals surface area contributed by atoms with Gasteiger partial charge >= 0.3 is 0 Å². The lowest BCUT2D eigenvalue weighted by atomic mass is 10.1. The van der Waals surface area contributed by atoms with Crippen molar-refractivity contribution >= 4 is 10.9 Å². The fourth-order valence-corrected chi connectivity index (χ4v) is 2.20. The summed E-state index contributed by atoms with van der Waals surface area (Å²) in [6, 6.07) is 5.56. The van der Waals surface area contributed by atoms with Crippen LogP contribution in [0, 0.1) is 6.92 Å². The smallest absolute Gasteiger partial charge is 0.258 e. The number of benzene rings is 1. The maximum absolute atomic E-state index is 12.1. The standard InChI is InChI=1S/C15H19N3O2/c1-3-7-18(8-9-19)10-13-16-14-11(2)5-4-6-12(14)15(20)17-13/h3-6,19H,1,7-10H2,2H3,(H,16,17,20). The van der Waals surface area contributed by atoms with E-state index in [9.17, 15) is 4.79 Å². The van der Waals surface area contributed by atoms with Crippen molar-refractivity contribution in [2.24, 2.45) is 0 Å². The molecule has 0 bridgehead atoms. The van der Waals surface area contributed by atoms with E-state index in [4.69, 9.17) is 5.11 Å².